The zero-order valence-corrected chi connectivity index (χ0v) is 8.47. The standard InChI is InChI=1S/C12H21N/c13-12-7-3-6-11(9-12)8-10-4-1-2-5-10/h8,10,12H,1-7,9,13H2/b11-8+. The molecule has 0 spiro atoms. The Bertz CT molecular complexity index is 189. The molecular weight excluding hydrogens is 158 g/mol. The van der Waals surface area contributed by atoms with Crippen LogP contribution in [-0.4, -0.2) is 6.04 Å². The van der Waals surface area contributed by atoms with Crippen LogP contribution in [-0.2, 0) is 0 Å². The lowest BCUT2D eigenvalue weighted by Gasteiger charge is -2.21. The maximum absolute atomic E-state index is 5.96. The van der Waals surface area contributed by atoms with Crippen LogP contribution in [0.3, 0.4) is 0 Å². The van der Waals surface area contributed by atoms with Crippen molar-refractivity contribution in [3.63, 3.8) is 0 Å². The Kier molecular flexibility index (Phi) is 3.05. The minimum absolute atomic E-state index is 0.460. The number of rotatable bonds is 1. The van der Waals surface area contributed by atoms with Gasteiger partial charge in [0.2, 0.25) is 0 Å². The molecule has 0 aliphatic heterocycles. The van der Waals surface area contributed by atoms with Crippen molar-refractivity contribution in [2.24, 2.45) is 11.7 Å². The summed E-state index contributed by atoms with van der Waals surface area (Å²) in [4.78, 5) is 0. The van der Waals surface area contributed by atoms with Crippen molar-refractivity contribution in [1.82, 2.24) is 0 Å². The fraction of sp³-hybridized carbons (Fsp3) is 0.833. The zero-order chi connectivity index (χ0) is 9.10. The Morgan fingerprint density at radius 2 is 1.85 bits per heavy atom. The molecule has 0 bridgehead atoms. The van der Waals surface area contributed by atoms with Crippen LogP contribution in [0.15, 0.2) is 11.6 Å². The number of allylic oxidation sites excluding steroid dienone is 1. The van der Waals surface area contributed by atoms with Gasteiger partial charge in [-0.3, -0.25) is 0 Å². The van der Waals surface area contributed by atoms with Crippen molar-refractivity contribution in [3.05, 3.63) is 11.6 Å². The monoisotopic (exact) mass is 179 g/mol. The largest absolute Gasteiger partial charge is 0.327 e. The lowest BCUT2D eigenvalue weighted by molar-refractivity contribution is 0.510. The minimum Gasteiger partial charge on any atom is -0.327 e. The van der Waals surface area contributed by atoms with E-state index >= 15 is 0 Å². The summed E-state index contributed by atoms with van der Waals surface area (Å²) < 4.78 is 0. The molecule has 1 unspecified atom stereocenters. The minimum atomic E-state index is 0.460. The van der Waals surface area contributed by atoms with Gasteiger partial charge in [-0.1, -0.05) is 24.5 Å². The first-order chi connectivity index (χ1) is 6.34. The molecule has 0 aromatic carbocycles. The van der Waals surface area contributed by atoms with Gasteiger partial charge in [-0.25, -0.2) is 0 Å². The summed E-state index contributed by atoms with van der Waals surface area (Å²) in [5, 5.41) is 0. The van der Waals surface area contributed by atoms with Gasteiger partial charge in [0.1, 0.15) is 0 Å². The summed E-state index contributed by atoms with van der Waals surface area (Å²) in [5.41, 5.74) is 7.62. The van der Waals surface area contributed by atoms with Crippen molar-refractivity contribution in [1.29, 1.82) is 0 Å². The highest BCUT2D eigenvalue weighted by molar-refractivity contribution is 5.09. The Balaban J connectivity index is 1.90. The number of hydrogen-bond acceptors (Lipinski definition) is 1. The molecule has 0 heterocycles. The van der Waals surface area contributed by atoms with Crippen LogP contribution < -0.4 is 5.73 Å². The van der Waals surface area contributed by atoms with E-state index in [9.17, 15) is 0 Å². The third-order valence-corrected chi connectivity index (χ3v) is 3.47. The fourth-order valence-electron chi connectivity index (χ4n) is 2.74. The Morgan fingerprint density at radius 3 is 2.54 bits per heavy atom. The van der Waals surface area contributed by atoms with Crippen LogP contribution in [0.25, 0.3) is 0 Å². The van der Waals surface area contributed by atoms with Gasteiger partial charge in [0.05, 0.1) is 0 Å². The van der Waals surface area contributed by atoms with Crippen LogP contribution in [0.1, 0.15) is 51.4 Å². The third-order valence-electron chi connectivity index (χ3n) is 3.47. The SMILES string of the molecule is NC1CCC/C(=C\C2CCCC2)C1. The number of nitrogens with two attached hydrogens (primary N) is 1. The van der Waals surface area contributed by atoms with Crippen molar-refractivity contribution >= 4 is 0 Å². The van der Waals surface area contributed by atoms with Gasteiger partial charge in [0.25, 0.3) is 0 Å². The molecule has 0 aromatic heterocycles. The maximum atomic E-state index is 5.96. The van der Waals surface area contributed by atoms with Crippen LogP contribution in [0, 0.1) is 5.92 Å². The molecule has 0 amide bonds. The van der Waals surface area contributed by atoms with Crippen LogP contribution in [0.4, 0.5) is 0 Å². The van der Waals surface area contributed by atoms with Crippen molar-refractivity contribution < 1.29 is 0 Å². The summed E-state index contributed by atoms with van der Waals surface area (Å²) in [7, 11) is 0. The summed E-state index contributed by atoms with van der Waals surface area (Å²) in [6, 6.07) is 0.460. The lowest BCUT2D eigenvalue weighted by Crippen LogP contribution is -2.23. The summed E-state index contributed by atoms with van der Waals surface area (Å²) in [6.45, 7) is 0. The average Bonchev–Trinajstić information content (AvgIpc) is 2.57. The molecule has 2 aliphatic rings. The molecule has 1 nitrogen and oxygen atoms in total. The van der Waals surface area contributed by atoms with Crippen molar-refractivity contribution in [2.75, 3.05) is 0 Å². The van der Waals surface area contributed by atoms with Crippen molar-refractivity contribution in [2.45, 2.75) is 57.4 Å². The summed E-state index contributed by atoms with van der Waals surface area (Å²) >= 11 is 0. The second kappa shape index (κ2) is 4.28. The van der Waals surface area contributed by atoms with Gasteiger partial charge < -0.3 is 5.73 Å². The van der Waals surface area contributed by atoms with Gasteiger partial charge in [-0.15, -0.1) is 0 Å². The lowest BCUT2D eigenvalue weighted by atomic mass is 9.88. The molecular formula is C12H21N. The highest BCUT2D eigenvalue weighted by Gasteiger charge is 2.17. The normalized spacial score (nSPS) is 34.2. The second-order valence-electron chi connectivity index (χ2n) is 4.73. The second-order valence-corrected chi connectivity index (χ2v) is 4.73. The number of hydrogen-bond donors (Lipinski definition) is 1. The van der Waals surface area contributed by atoms with E-state index in [1.165, 1.54) is 51.4 Å². The summed E-state index contributed by atoms with van der Waals surface area (Å²) in [5.74, 6) is 0.903. The van der Waals surface area contributed by atoms with Crippen LogP contribution in [0.5, 0.6) is 0 Å². The molecule has 13 heavy (non-hydrogen) atoms. The van der Waals surface area contributed by atoms with Gasteiger partial charge in [-0.05, 0) is 44.4 Å². The van der Waals surface area contributed by atoms with Gasteiger partial charge in [-0.2, -0.15) is 0 Å². The quantitative estimate of drug-likeness (QED) is 0.615. The topological polar surface area (TPSA) is 26.0 Å². The molecule has 1 atom stereocenters. The molecule has 2 N–H and O–H groups in total. The highest BCUT2D eigenvalue weighted by atomic mass is 14.6. The van der Waals surface area contributed by atoms with Crippen LogP contribution in [0.2, 0.25) is 0 Å². The molecule has 1 heteroatoms. The van der Waals surface area contributed by atoms with E-state index in [2.05, 4.69) is 6.08 Å². The first-order valence-electron chi connectivity index (χ1n) is 5.80. The van der Waals surface area contributed by atoms with E-state index in [0.29, 0.717) is 6.04 Å². The van der Waals surface area contributed by atoms with Gasteiger partial charge in [0.15, 0.2) is 0 Å². The van der Waals surface area contributed by atoms with E-state index in [1.54, 1.807) is 5.57 Å². The molecule has 2 rings (SSSR count). The van der Waals surface area contributed by atoms with E-state index in [1.807, 2.05) is 0 Å². The van der Waals surface area contributed by atoms with Gasteiger partial charge >= 0.3 is 0 Å². The first kappa shape index (κ1) is 9.26. The molecule has 2 saturated carbocycles. The molecule has 2 fully saturated rings. The molecule has 0 saturated heterocycles. The van der Waals surface area contributed by atoms with Gasteiger partial charge in [0, 0.05) is 6.04 Å². The first-order valence-corrected chi connectivity index (χ1v) is 5.80. The predicted molar refractivity (Wildman–Crippen MR) is 56.5 cm³/mol. The summed E-state index contributed by atoms with van der Waals surface area (Å²) in [6.07, 6.45) is 13.4. The highest BCUT2D eigenvalue weighted by Crippen LogP contribution is 2.30. The van der Waals surface area contributed by atoms with E-state index in [-0.39, 0.29) is 0 Å². The predicted octanol–water partition coefficient (Wildman–Crippen LogP) is 3.00. The van der Waals surface area contributed by atoms with Crippen LogP contribution >= 0.6 is 0 Å². The Morgan fingerprint density at radius 1 is 1.08 bits per heavy atom. The smallest absolute Gasteiger partial charge is 0.00761 e. The zero-order valence-electron chi connectivity index (χ0n) is 8.47. The Labute approximate surface area is 81.4 Å². The molecule has 74 valence electrons. The molecule has 0 aromatic rings. The van der Waals surface area contributed by atoms with Crippen molar-refractivity contribution in [3.8, 4) is 0 Å². The fourth-order valence-corrected chi connectivity index (χ4v) is 2.74. The van der Waals surface area contributed by atoms with E-state index < -0.39 is 0 Å². The Hall–Kier alpha value is -0.300. The third kappa shape index (κ3) is 2.57. The average molecular weight is 179 g/mol. The maximum Gasteiger partial charge on any atom is 0.00761 e. The molecule has 2 aliphatic carbocycles. The van der Waals surface area contributed by atoms with E-state index in [0.717, 1.165) is 5.92 Å². The van der Waals surface area contributed by atoms with E-state index in [4.69, 9.17) is 5.73 Å². The molecule has 0 radical (unpaired) electrons.